The average Bonchev–Trinajstić information content (AvgIpc) is 2.44. The van der Waals surface area contributed by atoms with E-state index in [0.717, 1.165) is 5.56 Å². The molecule has 1 rings (SSSR count). The van der Waals surface area contributed by atoms with Crippen molar-refractivity contribution in [1.82, 2.24) is 0 Å². The Morgan fingerprint density at radius 2 is 1.90 bits per heavy atom. The zero-order valence-corrected chi connectivity index (χ0v) is 13.5. The zero-order valence-electron chi connectivity index (χ0n) is 13.5. The van der Waals surface area contributed by atoms with Crippen LogP contribution in [0.3, 0.4) is 0 Å². The van der Waals surface area contributed by atoms with E-state index in [4.69, 9.17) is 4.74 Å². The van der Waals surface area contributed by atoms with Gasteiger partial charge in [0, 0.05) is 0 Å². The fourth-order valence-electron chi connectivity index (χ4n) is 1.94. The van der Waals surface area contributed by atoms with Crippen molar-refractivity contribution in [3.05, 3.63) is 71.0 Å². The van der Waals surface area contributed by atoms with Gasteiger partial charge in [-0.2, -0.15) is 0 Å². The molecular formula is C19H24O2. The van der Waals surface area contributed by atoms with Crippen molar-refractivity contribution in [2.45, 2.75) is 40.7 Å². The summed E-state index contributed by atoms with van der Waals surface area (Å²) in [4.78, 5) is 11.4. The van der Waals surface area contributed by atoms with Crippen LogP contribution < -0.4 is 0 Å². The Balaban J connectivity index is 3.00. The summed E-state index contributed by atoms with van der Waals surface area (Å²) in [5.74, 6) is 0.741. The largest absolute Gasteiger partial charge is 0.486 e. The lowest BCUT2D eigenvalue weighted by atomic mass is 10.0. The monoisotopic (exact) mass is 284 g/mol. The van der Waals surface area contributed by atoms with Crippen molar-refractivity contribution in [3.63, 3.8) is 0 Å². The molecule has 0 aliphatic heterocycles. The lowest BCUT2D eigenvalue weighted by molar-refractivity contribution is -0.113. The van der Waals surface area contributed by atoms with E-state index in [9.17, 15) is 4.79 Å². The Kier molecular flexibility index (Phi) is 6.67. The lowest BCUT2D eigenvalue weighted by Crippen LogP contribution is -2.02. The third-order valence-electron chi connectivity index (χ3n) is 3.31. The van der Waals surface area contributed by atoms with Crippen molar-refractivity contribution in [1.29, 1.82) is 0 Å². The van der Waals surface area contributed by atoms with Gasteiger partial charge in [0.1, 0.15) is 11.9 Å². The number of carbonyl (C=O) groups excluding carboxylic acids is 1. The van der Waals surface area contributed by atoms with Crippen LogP contribution in [0, 0.1) is 6.92 Å². The molecule has 0 saturated carbocycles. The third kappa shape index (κ3) is 5.42. The number of hydrogen-bond donors (Lipinski definition) is 0. The first-order chi connectivity index (χ1) is 9.95. The van der Waals surface area contributed by atoms with Gasteiger partial charge in [-0.1, -0.05) is 36.4 Å². The van der Waals surface area contributed by atoms with E-state index in [2.05, 4.69) is 19.1 Å². The van der Waals surface area contributed by atoms with E-state index in [1.54, 1.807) is 19.9 Å². The van der Waals surface area contributed by atoms with Gasteiger partial charge in [0.25, 0.3) is 0 Å². The van der Waals surface area contributed by atoms with Crippen molar-refractivity contribution < 1.29 is 9.53 Å². The molecule has 0 heterocycles. The first kappa shape index (κ1) is 17.0. The van der Waals surface area contributed by atoms with Gasteiger partial charge >= 0.3 is 0 Å². The highest BCUT2D eigenvalue weighted by Gasteiger charge is 2.10. The second-order valence-corrected chi connectivity index (χ2v) is 5.10. The summed E-state index contributed by atoms with van der Waals surface area (Å²) in [6, 6.07) is 8.16. The van der Waals surface area contributed by atoms with E-state index in [0.29, 0.717) is 11.3 Å². The molecule has 112 valence electrons. The van der Waals surface area contributed by atoms with Crippen molar-refractivity contribution in [3.8, 4) is 0 Å². The van der Waals surface area contributed by atoms with Crippen LogP contribution in [0.4, 0.5) is 0 Å². The standard InChI is InChI=1S/C19H24O2/c1-6-7-11-18(13-15(3)16(4)20)21-17(5)19-12-9-8-10-14(19)2/h6-13,17H,1-5H3/b7-6?,15-13+,18-11-. The Morgan fingerprint density at radius 3 is 2.48 bits per heavy atom. The molecule has 2 nitrogen and oxygen atoms in total. The predicted molar refractivity (Wildman–Crippen MR) is 88.0 cm³/mol. The molecule has 0 spiro atoms. The van der Waals surface area contributed by atoms with Crippen molar-refractivity contribution >= 4 is 5.78 Å². The molecule has 0 saturated heterocycles. The molecule has 21 heavy (non-hydrogen) atoms. The van der Waals surface area contributed by atoms with Gasteiger partial charge in [-0.05, 0) is 63.5 Å². The van der Waals surface area contributed by atoms with E-state index in [-0.39, 0.29) is 11.9 Å². The smallest absolute Gasteiger partial charge is 0.155 e. The normalized spacial score (nSPS) is 14.3. The predicted octanol–water partition coefficient (Wildman–Crippen LogP) is 5.07. The number of ether oxygens (including phenoxy) is 1. The maximum absolute atomic E-state index is 11.4. The van der Waals surface area contributed by atoms with Gasteiger partial charge < -0.3 is 4.74 Å². The number of rotatable bonds is 6. The van der Waals surface area contributed by atoms with E-state index >= 15 is 0 Å². The third-order valence-corrected chi connectivity index (χ3v) is 3.31. The average molecular weight is 284 g/mol. The minimum absolute atomic E-state index is 0.0496. The van der Waals surface area contributed by atoms with Crippen LogP contribution in [0.1, 0.15) is 44.9 Å². The molecule has 0 fully saturated rings. The highest BCUT2D eigenvalue weighted by molar-refractivity contribution is 5.93. The van der Waals surface area contributed by atoms with Crippen molar-refractivity contribution in [2.75, 3.05) is 0 Å². The summed E-state index contributed by atoms with van der Waals surface area (Å²) in [6.45, 7) is 9.39. The second-order valence-electron chi connectivity index (χ2n) is 5.10. The number of ketones is 1. The summed E-state index contributed by atoms with van der Waals surface area (Å²) in [7, 11) is 0. The molecule has 1 atom stereocenters. The van der Waals surface area contributed by atoms with Gasteiger partial charge in [0.2, 0.25) is 0 Å². The molecule has 0 aliphatic carbocycles. The quantitative estimate of drug-likeness (QED) is 0.414. The summed E-state index contributed by atoms with van der Waals surface area (Å²) in [5, 5.41) is 0. The number of Topliss-reactive ketones (excluding diaryl/α,β-unsaturated/α-hetero) is 1. The molecule has 0 bridgehead atoms. The fourth-order valence-corrected chi connectivity index (χ4v) is 1.94. The molecule has 0 aromatic heterocycles. The van der Waals surface area contributed by atoms with Gasteiger partial charge in [-0.15, -0.1) is 0 Å². The van der Waals surface area contributed by atoms with Crippen LogP contribution in [-0.4, -0.2) is 5.78 Å². The van der Waals surface area contributed by atoms with Crippen LogP contribution in [0.5, 0.6) is 0 Å². The molecule has 2 heteroatoms. The van der Waals surface area contributed by atoms with Crippen molar-refractivity contribution in [2.24, 2.45) is 0 Å². The topological polar surface area (TPSA) is 26.3 Å². The second kappa shape index (κ2) is 8.25. The van der Waals surface area contributed by atoms with Gasteiger partial charge in [0.05, 0.1) is 0 Å². The summed E-state index contributed by atoms with van der Waals surface area (Å²) in [6.07, 6.45) is 7.43. The molecule has 0 aliphatic rings. The summed E-state index contributed by atoms with van der Waals surface area (Å²) in [5.41, 5.74) is 3.03. The molecule has 0 N–H and O–H groups in total. The van der Waals surface area contributed by atoms with Crippen LogP contribution in [0.2, 0.25) is 0 Å². The minimum Gasteiger partial charge on any atom is -0.486 e. The molecule has 1 aromatic rings. The molecule has 1 unspecified atom stereocenters. The molecule has 0 amide bonds. The number of carbonyl (C=O) groups is 1. The Bertz CT molecular complexity index is 577. The van der Waals surface area contributed by atoms with Crippen LogP contribution in [-0.2, 0) is 9.53 Å². The number of allylic oxidation sites excluding steroid dienone is 5. The summed E-state index contributed by atoms with van der Waals surface area (Å²) < 4.78 is 6.02. The SMILES string of the molecule is CC=C/C=C(/C=C(\C)C(C)=O)OC(C)c1ccccc1C. The minimum atomic E-state index is -0.0706. The Labute approximate surface area is 127 Å². The highest BCUT2D eigenvalue weighted by Crippen LogP contribution is 2.24. The Morgan fingerprint density at radius 1 is 1.24 bits per heavy atom. The van der Waals surface area contributed by atoms with E-state index in [1.807, 2.05) is 44.2 Å². The number of benzene rings is 1. The Hall–Kier alpha value is -2.09. The molecular weight excluding hydrogens is 260 g/mol. The zero-order chi connectivity index (χ0) is 15.8. The molecule has 0 radical (unpaired) electrons. The van der Waals surface area contributed by atoms with Crippen LogP contribution in [0.25, 0.3) is 0 Å². The first-order valence-corrected chi connectivity index (χ1v) is 7.20. The maximum Gasteiger partial charge on any atom is 0.155 e. The first-order valence-electron chi connectivity index (χ1n) is 7.20. The maximum atomic E-state index is 11.4. The highest BCUT2D eigenvalue weighted by atomic mass is 16.5. The van der Waals surface area contributed by atoms with Gasteiger partial charge in [-0.25, -0.2) is 0 Å². The lowest BCUT2D eigenvalue weighted by Gasteiger charge is -2.18. The van der Waals surface area contributed by atoms with E-state index in [1.165, 1.54) is 5.56 Å². The van der Waals surface area contributed by atoms with Crippen LogP contribution in [0.15, 0.2) is 59.9 Å². The van der Waals surface area contributed by atoms with E-state index < -0.39 is 0 Å². The van der Waals surface area contributed by atoms with Gasteiger partial charge in [0.15, 0.2) is 5.78 Å². The number of aryl methyl sites for hydroxylation is 1. The number of hydrogen-bond acceptors (Lipinski definition) is 2. The summed E-state index contributed by atoms with van der Waals surface area (Å²) >= 11 is 0. The van der Waals surface area contributed by atoms with Crippen LogP contribution >= 0.6 is 0 Å². The van der Waals surface area contributed by atoms with Gasteiger partial charge in [-0.3, -0.25) is 4.79 Å². The molecule has 1 aromatic carbocycles. The fraction of sp³-hybridized carbons (Fsp3) is 0.316.